The monoisotopic (exact) mass is 364 g/mol. The first kappa shape index (κ1) is 17.5. The summed E-state index contributed by atoms with van der Waals surface area (Å²) >= 11 is 0. The fourth-order valence-corrected chi connectivity index (χ4v) is 1.81. The number of hydrogen-bond acceptors (Lipinski definition) is 2. The molecule has 4 nitrogen and oxygen atoms in total. The summed E-state index contributed by atoms with van der Waals surface area (Å²) in [7, 11) is 0. The van der Waals surface area contributed by atoms with Crippen LogP contribution in [0, 0.1) is 12.3 Å². The minimum Gasteiger partial charge on any atom is -0.357 e. The first-order valence-electron chi connectivity index (χ1n) is 6.51. The maximum Gasteiger partial charge on any atom is 0.192 e. The quantitative estimate of drug-likeness (QED) is 0.309. The van der Waals surface area contributed by atoms with E-state index in [1.165, 1.54) is 12.8 Å². The van der Waals surface area contributed by atoms with Crippen LogP contribution in [-0.2, 0) is 0 Å². The Morgan fingerprint density at radius 2 is 2.11 bits per heavy atom. The largest absolute Gasteiger partial charge is 0.357 e. The molecule has 0 unspecified atom stereocenters. The van der Waals surface area contributed by atoms with Gasteiger partial charge >= 0.3 is 0 Å². The number of guanidine groups is 1. The number of halogens is 1. The third kappa shape index (κ3) is 7.07. The van der Waals surface area contributed by atoms with Gasteiger partial charge in [0.1, 0.15) is 0 Å². The molecule has 0 atom stereocenters. The van der Waals surface area contributed by atoms with Crippen molar-refractivity contribution in [2.75, 3.05) is 32.7 Å². The Hall–Kier alpha value is -0.480. The van der Waals surface area contributed by atoms with Gasteiger partial charge in [0, 0.05) is 19.1 Å². The normalized spacial score (nSPS) is 14.9. The topological polar surface area (TPSA) is 39.7 Å². The maximum atomic E-state index is 5.22. The Labute approximate surface area is 128 Å². The second kappa shape index (κ2) is 10.4. The van der Waals surface area contributed by atoms with E-state index in [4.69, 9.17) is 6.42 Å². The molecule has 1 rings (SSSR count). The lowest BCUT2D eigenvalue weighted by Crippen LogP contribution is -2.38. The fraction of sp³-hybridized carbons (Fsp3) is 0.769. The minimum atomic E-state index is 0. The van der Waals surface area contributed by atoms with Crippen LogP contribution in [0.5, 0.6) is 0 Å². The smallest absolute Gasteiger partial charge is 0.192 e. The summed E-state index contributed by atoms with van der Waals surface area (Å²) < 4.78 is 0. The predicted octanol–water partition coefficient (Wildman–Crippen LogP) is 1.28. The van der Waals surface area contributed by atoms with Gasteiger partial charge in [0.15, 0.2) is 5.96 Å². The standard InChI is InChI=1S/C13H24N4.HI/c1-4-9-15-13(14-5-2)16-10-11-17(6-3)12-7-8-12;/h1,12H,5-11H2,2-3H3,(H2,14,15,16);1H. The lowest BCUT2D eigenvalue weighted by Gasteiger charge is -2.18. The minimum absolute atomic E-state index is 0. The van der Waals surface area contributed by atoms with Crippen LogP contribution in [0.2, 0.25) is 0 Å². The van der Waals surface area contributed by atoms with Crippen molar-refractivity contribution in [2.45, 2.75) is 32.7 Å². The number of rotatable bonds is 7. The van der Waals surface area contributed by atoms with E-state index in [0.29, 0.717) is 6.54 Å². The molecule has 5 heteroatoms. The van der Waals surface area contributed by atoms with Gasteiger partial charge in [-0.1, -0.05) is 12.8 Å². The number of aliphatic imine (C=N–C) groups is 1. The van der Waals surface area contributed by atoms with Crippen molar-refractivity contribution in [1.82, 2.24) is 15.5 Å². The first-order valence-corrected chi connectivity index (χ1v) is 6.51. The van der Waals surface area contributed by atoms with Gasteiger partial charge in [-0.05, 0) is 26.3 Å². The molecule has 1 aliphatic carbocycles. The zero-order valence-electron chi connectivity index (χ0n) is 11.4. The molecule has 0 aliphatic heterocycles. The van der Waals surface area contributed by atoms with E-state index in [2.05, 4.69) is 40.3 Å². The van der Waals surface area contributed by atoms with E-state index in [9.17, 15) is 0 Å². The van der Waals surface area contributed by atoms with Crippen molar-refractivity contribution < 1.29 is 0 Å². The van der Waals surface area contributed by atoms with Gasteiger partial charge in [-0.15, -0.1) is 30.4 Å². The number of nitrogens with zero attached hydrogens (tertiary/aromatic N) is 2. The molecule has 0 saturated heterocycles. The molecule has 0 heterocycles. The summed E-state index contributed by atoms with van der Waals surface area (Å²) in [6, 6.07) is 0.816. The molecule has 0 aromatic carbocycles. The third-order valence-corrected chi connectivity index (χ3v) is 2.83. The van der Waals surface area contributed by atoms with Crippen molar-refractivity contribution in [3.63, 3.8) is 0 Å². The Morgan fingerprint density at radius 1 is 1.39 bits per heavy atom. The molecule has 0 amide bonds. The zero-order chi connectivity index (χ0) is 12.5. The van der Waals surface area contributed by atoms with Crippen molar-refractivity contribution >= 4 is 29.9 Å². The molecule has 0 spiro atoms. The van der Waals surface area contributed by atoms with Crippen LogP contribution >= 0.6 is 24.0 Å². The van der Waals surface area contributed by atoms with Crippen LogP contribution in [0.4, 0.5) is 0 Å². The highest BCUT2D eigenvalue weighted by Crippen LogP contribution is 2.25. The van der Waals surface area contributed by atoms with Crippen molar-refractivity contribution in [2.24, 2.45) is 4.99 Å². The van der Waals surface area contributed by atoms with Gasteiger partial charge in [-0.2, -0.15) is 0 Å². The summed E-state index contributed by atoms with van der Waals surface area (Å²) in [5, 5.41) is 6.27. The van der Waals surface area contributed by atoms with Gasteiger partial charge < -0.3 is 10.6 Å². The van der Waals surface area contributed by atoms with Crippen LogP contribution in [0.1, 0.15) is 26.7 Å². The average Bonchev–Trinajstić information content (AvgIpc) is 3.15. The van der Waals surface area contributed by atoms with Crippen LogP contribution in [0.3, 0.4) is 0 Å². The highest BCUT2D eigenvalue weighted by molar-refractivity contribution is 14.0. The summed E-state index contributed by atoms with van der Waals surface area (Å²) in [5.41, 5.74) is 0. The summed E-state index contributed by atoms with van der Waals surface area (Å²) in [5.74, 6) is 3.37. The van der Waals surface area contributed by atoms with Crippen LogP contribution < -0.4 is 10.6 Å². The van der Waals surface area contributed by atoms with E-state index in [-0.39, 0.29) is 24.0 Å². The van der Waals surface area contributed by atoms with E-state index >= 15 is 0 Å². The molecule has 1 saturated carbocycles. The zero-order valence-corrected chi connectivity index (χ0v) is 13.7. The third-order valence-electron chi connectivity index (χ3n) is 2.83. The molecule has 0 bridgehead atoms. The van der Waals surface area contributed by atoms with E-state index in [1.54, 1.807) is 0 Å². The second-order valence-corrected chi connectivity index (χ2v) is 4.18. The highest BCUT2D eigenvalue weighted by atomic mass is 127. The molecule has 0 aromatic rings. The van der Waals surface area contributed by atoms with Crippen molar-refractivity contribution in [3.05, 3.63) is 0 Å². The maximum absolute atomic E-state index is 5.22. The number of hydrogen-bond donors (Lipinski definition) is 2. The van der Waals surface area contributed by atoms with Gasteiger partial charge in [-0.25, -0.2) is 0 Å². The number of terminal acetylenes is 1. The number of likely N-dealkylation sites (N-methyl/N-ethyl adjacent to an activating group) is 1. The van der Waals surface area contributed by atoms with Gasteiger partial charge in [-0.3, -0.25) is 9.89 Å². The van der Waals surface area contributed by atoms with Crippen molar-refractivity contribution in [3.8, 4) is 12.3 Å². The highest BCUT2D eigenvalue weighted by Gasteiger charge is 2.26. The molecule has 1 aliphatic rings. The predicted molar refractivity (Wildman–Crippen MR) is 88.5 cm³/mol. The summed E-state index contributed by atoms with van der Waals surface area (Å²) in [6.07, 6.45) is 7.92. The second-order valence-electron chi connectivity index (χ2n) is 4.18. The average molecular weight is 364 g/mol. The Kier molecular flexibility index (Phi) is 10.2. The molecule has 18 heavy (non-hydrogen) atoms. The number of nitrogens with one attached hydrogen (secondary N) is 2. The molecule has 1 fully saturated rings. The molecule has 0 aromatic heterocycles. The lowest BCUT2D eigenvalue weighted by molar-refractivity contribution is 0.286. The molecule has 2 N–H and O–H groups in total. The molecule has 104 valence electrons. The Bertz CT molecular complexity index is 281. The van der Waals surface area contributed by atoms with Gasteiger partial charge in [0.2, 0.25) is 0 Å². The SMILES string of the molecule is C#CCNC(=NCCN(CC)C1CC1)NCC.I. The van der Waals surface area contributed by atoms with E-state index in [1.807, 2.05) is 0 Å². The van der Waals surface area contributed by atoms with Crippen LogP contribution in [0.15, 0.2) is 4.99 Å². The van der Waals surface area contributed by atoms with E-state index in [0.717, 1.165) is 38.2 Å². The fourth-order valence-electron chi connectivity index (χ4n) is 1.81. The lowest BCUT2D eigenvalue weighted by atomic mass is 10.4. The van der Waals surface area contributed by atoms with Crippen molar-refractivity contribution in [1.29, 1.82) is 0 Å². The summed E-state index contributed by atoms with van der Waals surface area (Å²) in [6.45, 7) is 8.62. The Morgan fingerprint density at radius 3 is 2.61 bits per heavy atom. The van der Waals surface area contributed by atoms with Gasteiger partial charge in [0.05, 0.1) is 13.1 Å². The van der Waals surface area contributed by atoms with E-state index < -0.39 is 0 Å². The molecule has 0 radical (unpaired) electrons. The summed E-state index contributed by atoms with van der Waals surface area (Å²) in [4.78, 5) is 7.00. The van der Waals surface area contributed by atoms with Crippen LogP contribution in [0.25, 0.3) is 0 Å². The molecular weight excluding hydrogens is 339 g/mol. The first-order chi connectivity index (χ1) is 8.31. The van der Waals surface area contributed by atoms with Crippen LogP contribution in [-0.4, -0.2) is 49.6 Å². The molecular formula is C13H25IN4. The van der Waals surface area contributed by atoms with Gasteiger partial charge in [0.25, 0.3) is 0 Å². The Balaban J connectivity index is 0.00000289.